The molecule has 0 aliphatic heterocycles. The summed E-state index contributed by atoms with van der Waals surface area (Å²) in [5.41, 5.74) is -0.373. The molecule has 238 valence electrons. The Morgan fingerprint density at radius 3 is 1.44 bits per heavy atom. The molecule has 0 spiro atoms. The van der Waals surface area contributed by atoms with E-state index in [9.17, 15) is 22.6 Å². The summed E-state index contributed by atoms with van der Waals surface area (Å²) in [7, 11) is -4.81. The van der Waals surface area contributed by atoms with Gasteiger partial charge in [0.05, 0.1) is 29.2 Å². The van der Waals surface area contributed by atoms with E-state index < -0.39 is 27.0 Å². The number of hydrogen-bond donors (Lipinski definition) is 0. The number of esters is 2. The maximum atomic E-state index is 12.8. The van der Waals surface area contributed by atoms with Gasteiger partial charge in [-0.3, -0.25) is 0 Å². The van der Waals surface area contributed by atoms with Crippen molar-refractivity contribution >= 4 is 22.1 Å². The third-order valence-corrected chi connectivity index (χ3v) is 7.83. The fourth-order valence-corrected chi connectivity index (χ4v) is 4.94. The van der Waals surface area contributed by atoms with Crippen LogP contribution in [0.5, 0.6) is 0 Å². The summed E-state index contributed by atoms with van der Waals surface area (Å²) < 4.78 is 45.3. The number of ether oxygens (including phenoxy) is 2. The zero-order valence-corrected chi connectivity index (χ0v) is 30.9. The molecule has 0 radical (unpaired) electrons. The van der Waals surface area contributed by atoms with Gasteiger partial charge in [-0.05, 0) is 82.4 Å². The molecule has 0 aliphatic rings. The van der Waals surface area contributed by atoms with Gasteiger partial charge in [0, 0.05) is 0 Å². The molecule has 9 heteroatoms. The molecule has 1 aromatic carbocycles. The van der Waals surface area contributed by atoms with E-state index in [1.807, 2.05) is 0 Å². The Balaban J connectivity index is 0.0000176. The van der Waals surface area contributed by atoms with Gasteiger partial charge in [0.2, 0.25) is 0 Å². The Morgan fingerprint density at radius 2 is 1.02 bits per heavy atom. The number of allylic oxidation sites excluding steroid dienone is 4. The standard InChI is InChI=1S/C34H54O7S.K/c1-3-5-7-9-11-13-15-17-19-21-23-27-40-33(35)31-26-25-30(42(37,38)39)29-32(31)34(36)41-28-24-22-20-18-16-14-12-10-8-6-4-2;/h11-14,25-26,29H,3-10,15-24,27-28H2,1-2H3,(H,37,38,39);/q;+1/p-1/b13-11+,14-12+;. The fourth-order valence-electron chi connectivity index (χ4n) is 4.44. The fraction of sp³-hybridized carbons (Fsp3) is 0.647. The van der Waals surface area contributed by atoms with Crippen molar-refractivity contribution in [2.24, 2.45) is 0 Å². The van der Waals surface area contributed by atoms with Gasteiger partial charge in [-0.25, -0.2) is 18.0 Å². The summed E-state index contributed by atoms with van der Waals surface area (Å²) in [6.45, 7) is 4.73. The average Bonchev–Trinajstić information content (AvgIpc) is 2.97. The Morgan fingerprint density at radius 1 is 0.628 bits per heavy atom. The van der Waals surface area contributed by atoms with Crippen molar-refractivity contribution in [3.8, 4) is 0 Å². The van der Waals surface area contributed by atoms with Crippen molar-refractivity contribution < 1.29 is 83.4 Å². The Hall–Kier alpha value is -0.814. The molecule has 0 saturated carbocycles. The van der Waals surface area contributed by atoms with Gasteiger partial charge in [-0.1, -0.05) is 89.5 Å². The number of rotatable bonds is 25. The third kappa shape index (κ3) is 21.5. The molecular formula is C34H53KO7S. The minimum atomic E-state index is -4.81. The molecule has 0 saturated heterocycles. The maximum Gasteiger partial charge on any atom is 1.00 e. The van der Waals surface area contributed by atoms with Gasteiger partial charge in [0.15, 0.2) is 0 Å². The second kappa shape index (κ2) is 27.5. The van der Waals surface area contributed by atoms with Crippen molar-refractivity contribution in [1.82, 2.24) is 0 Å². The molecule has 43 heavy (non-hydrogen) atoms. The first-order valence-corrected chi connectivity index (χ1v) is 17.5. The van der Waals surface area contributed by atoms with Crippen LogP contribution >= 0.6 is 0 Å². The number of unbranched alkanes of at least 4 members (excludes halogenated alkanes) is 14. The first-order valence-electron chi connectivity index (χ1n) is 16.0. The Kier molecular flexibility index (Phi) is 27.0. The molecule has 0 N–H and O–H groups in total. The van der Waals surface area contributed by atoms with Crippen LogP contribution in [0.2, 0.25) is 0 Å². The molecule has 1 aromatic rings. The maximum absolute atomic E-state index is 12.8. The largest absolute Gasteiger partial charge is 1.00 e. The van der Waals surface area contributed by atoms with Crippen LogP contribution in [-0.2, 0) is 19.6 Å². The predicted molar refractivity (Wildman–Crippen MR) is 168 cm³/mol. The second-order valence-corrected chi connectivity index (χ2v) is 12.2. The summed E-state index contributed by atoms with van der Waals surface area (Å²) >= 11 is 0. The van der Waals surface area contributed by atoms with Crippen LogP contribution in [0.4, 0.5) is 0 Å². The van der Waals surface area contributed by atoms with Gasteiger partial charge < -0.3 is 14.0 Å². The summed E-state index contributed by atoms with van der Waals surface area (Å²) in [6, 6.07) is 3.07. The third-order valence-electron chi connectivity index (χ3n) is 7.00. The number of carbonyl (C=O) groups excluding carboxylic acids is 2. The van der Waals surface area contributed by atoms with Crippen molar-refractivity contribution in [3.05, 3.63) is 53.6 Å². The van der Waals surface area contributed by atoms with E-state index in [1.54, 1.807) is 0 Å². The minimum absolute atomic E-state index is 0. The Labute approximate surface area is 303 Å². The Bertz CT molecular complexity index is 1050. The first kappa shape index (κ1) is 42.2. The number of hydrogen-bond acceptors (Lipinski definition) is 7. The van der Waals surface area contributed by atoms with Crippen LogP contribution < -0.4 is 51.4 Å². The molecule has 0 amide bonds. The quantitative estimate of drug-likeness (QED) is 0.0417. The summed E-state index contributed by atoms with van der Waals surface area (Å²) in [4.78, 5) is 24.9. The zero-order valence-electron chi connectivity index (χ0n) is 26.9. The number of carbonyl (C=O) groups is 2. The molecule has 0 unspecified atom stereocenters. The minimum Gasteiger partial charge on any atom is -0.744 e. The van der Waals surface area contributed by atoms with Gasteiger partial charge in [-0.2, -0.15) is 0 Å². The zero-order chi connectivity index (χ0) is 30.9. The van der Waals surface area contributed by atoms with E-state index in [0.29, 0.717) is 12.8 Å². The second-order valence-electron chi connectivity index (χ2n) is 10.8. The van der Waals surface area contributed by atoms with E-state index in [4.69, 9.17) is 9.47 Å². The van der Waals surface area contributed by atoms with Crippen molar-refractivity contribution in [3.63, 3.8) is 0 Å². The van der Waals surface area contributed by atoms with Crippen LogP contribution in [0, 0.1) is 0 Å². The monoisotopic (exact) mass is 644 g/mol. The molecule has 1 rings (SSSR count). The van der Waals surface area contributed by atoms with E-state index in [2.05, 4.69) is 38.2 Å². The van der Waals surface area contributed by atoms with Gasteiger partial charge in [-0.15, -0.1) is 0 Å². The normalized spacial score (nSPS) is 11.6. The molecule has 7 nitrogen and oxygen atoms in total. The molecular weight excluding hydrogens is 592 g/mol. The molecule has 0 atom stereocenters. The summed E-state index contributed by atoms with van der Waals surface area (Å²) in [5.74, 6) is -1.58. The first-order chi connectivity index (χ1) is 20.3. The van der Waals surface area contributed by atoms with Crippen LogP contribution in [0.3, 0.4) is 0 Å². The topological polar surface area (TPSA) is 110 Å². The number of benzene rings is 1. The van der Waals surface area contributed by atoms with Crippen LogP contribution in [0.25, 0.3) is 0 Å². The van der Waals surface area contributed by atoms with Crippen molar-refractivity contribution in [1.29, 1.82) is 0 Å². The van der Waals surface area contributed by atoms with Gasteiger partial charge in [0.1, 0.15) is 10.1 Å². The molecule has 0 aromatic heterocycles. The molecule has 0 aliphatic carbocycles. The van der Waals surface area contributed by atoms with Crippen molar-refractivity contribution in [2.45, 2.75) is 134 Å². The van der Waals surface area contributed by atoms with E-state index >= 15 is 0 Å². The molecule has 0 bridgehead atoms. The smallest absolute Gasteiger partial charge is 0.744 e. The predicted octanol–water partition coefficient (Wildman–Crippen LogP) is 6.08. The summed E-state index contributed by atoms with van der Waals surface area (Å²) in [6.07, 6.45) is 28.1. The van der Waals surface area contributed by atoms with Crippen LogP contribution in [0.15, 0.2) is 47.4 Å². The van der Waals surface area contributed by atoms with Gasteiger partial charge >= 0.3 is 63.3 Å². The van der Waals surface area contributed by atoms with Gasteiger partial charge in [0.25, 0.3) is 0 Å². The van der Waals surface area contributed by atoms with Crippen molar-refractivity contribution in [2.75, 3.05) is 13.2 Å². The van der Waals surface area contributed by atoms with E-state index in [0.717, 1.165) is 82.4 Å². The SMILES string of the molecule is CCCCC/C=C/CCCCCCOC(=O)c1ccc(S(=O)(=O)[O-])cc1C(=O)OCCCCCC/C=C/CCCCC.[K+]. The van der Waals surface area contributed by atoms with Crippen LogP contribution in [0.1, 0.15) is 150 Å². The molecule has 0 fully saturated rings. The van der Waals surface area contributed by atoms with E-state index in [-0.39, 0.29) is 75.7 Å². The summed E-state index contributed by atoms with van der Waals surface area (Å²) in [5, 5.41) is 0. The molecule has 0 heterocycles. The average molecular weight is 645 g/mol. The van der Waals surface area contributed by atoms with E-state index in [1.165, 1.54) is 38.5 Å². The van der Waals surface area contributed by atoms with Crippen LogP contribution in [-0.4, -0.2) is 38.1 Å².